The van der Waals surface area contributed by atoms with Crippen LogP contribution in [0.5, 0.6) is 0 Å². The molecule has 0 aromatic heterocycles. The Hall–Kier alpha value is -1.85. The molecule has 2 aromatic rings. The van der Waals surface area contributed by atoms with Crippen LogP contribution in [-0.4, -0.2) is 29.1 Å². The molecule has 112 valence electrons. The van der Waals surface area contributed by atoms with Crippen LogP contribution in [0.4, 0.5) is 5.69 Å². The number of nitrogens with zero attached hydrogens (tertiary/aromatic N) is 1. The molecule has 2 aromatic carbocycles. The monoisotopic (exact) mass is 305 g/mol. The standard InChI is InChI=1S/C16H20N2O2S/c1-18(2)14-10-8-13(9-11-14)16(12-17)21(19,20)15-6-4-3-5-7-15/h3-11,16H,12,17H2,1-2H3/p+1/t16-/m1/s1. The summed E-state index contributed by atoms with van der Waals surface area (Å²) in [5.41, 5.74) is 5.64. The van der Waals surface area contributed by atoms with E-state index in [1.807, 2.05) is 49.3 Å². The number of benzene rings is 2. The maximum absolute atomic E-state index is 12.7. The van der Waals surface area contributed by atoms with Gasteiger partial charge in [-0.1, -0.05) is 30.3 Å². The van der Waals surface area contributed by atoms with E-state index in [1.54, 1.807) is 24.3 Å². The lowest BCUT2D eigenvalue weighted by Gasteiger charge is -2.17. The van der Waals surface area contributed by atoms with Crippen LogP contribution >= 0.6 is 0 Å². The molecule has 0 saturated carbocycles. The van der Waals surface area contributed by atoms with Gasteiger partial charge in [0.05, 0.1) is 11.4 Å². The van der Waals surface area contributed by atoms with Crippen LogP contribution in [0.15, 0.2) is 59.5 Å². The number of rotatable bonds is 5. The molecule has 2 rings (SSSR count). The molecular weight excluding hydrogens is 284 g/mol. The quantitative estimate of drug-likeness (QED) is 0.910. The Balaban J connectivity index is 2.40. The third kappa shape index (κ3) is 3.25. The highest BCUT2D eigenvalue weighted by molar-refractivity contribution is 7.91. The Bertz CT molecular complexity index is 680. The summed E-state index contributed by atoms with van der Waals surface area (Å²) in [7, 11) is 0.493. The molecule has 0 saturated heterocycles. The molecule has 0 bridgehead atoms. The lowest BCUT2D eigenvalue weighted by atomic mass is 10.1. The second-order valence-electron chi connectivity index (χ2n) is 5.12. The summed E-state index contributed by atoms with van der Waals surface area (Å²) >= 11 is 0. The van der Waals surface area contributed by atoms with Crippen molar-refractivity contribution >= 4 is 15.5 Å². The summed E-state index contributed by atoms with van der Waals surface area (Å²) in [6, 6.07) is 16.1. The molecule has 0 spiro atoms. The molecule has 0 radical (unpaired) electrons. The summed E-state index contributed by atoms with van der Waals surface area (Å²) in [6.07, 6.45) is 0. The first-order valence-electron chi connectivity index (χ1n) is 6.82. The van der Waals surface area contributed by atoms with Crippen molar-refractivity contribution in [3.63, 3.8) is 0 Å². The van der Waals surface area contributed by atoms with E-state index >= 15 is 0 Å². The normalized spacial score (nSPS) is 12.9. The van der Waals surface area contributed by atoms with Gasteiger partial charge in [0.25, 0.3) is 0 Å². The highest BCUT2D eigenvalue weighted by Crippen LogP contribution is 2.28. The number of hydrogen-bond donors (Lipinski definition) is 1. The smallest absolute Gasteiger partial charge is 0.190 e. The third-order valence-corrected chi connectivity index (χ3v) is 5.68. The summed E-state index contributed by atoms with van der Waals surface area (Å²) in [4.78, 5) is 2.32. The van der Waals surface area contributed by atoms with Gasteiger partial charge in [-0.25, -0.2) is 8.42 Å². The Morgan fingerprint density at radius 1 is 1.00 bits per heavy atom. The van der Waals surface area contributed by atoms with Gasteiger partial charge in [0.1, 0.15) is 5.25 Å². The average Bonchev–Trinajstić information content (AvgIpc) is 2.49. The zero-order valence-electron chi connectivity index (χ0n) is 12.4. The van der Waals surface area contributed by atoms with Gasteiger partial charge in [0.15, 0.2) is 9.84 Å². The molecule has 0 aliphatic carbocycles. The molecule has 0 aliphatic rings. The first kappa shape index (κ1) is 15.5. The summed E-state index contributed by atoms with van der Waals surface area (Å²) in [6.45, 7) is 0.304. The van der Waals surface area contributed by atoms with Crippen molar-refractivity contribution in [2.75, 3.05) is 25.5 Å². The van der Waals surface area contributed by atoms with Crippen molar-refractivity contribution in [1.29, 1.82) is 0 Å². The van der Waals surface area contributed by atoms with Crippen LogP contribution in [0.3, 0.4) is 0 Å². The summed E-state index contributed by atoms with van der Waals surface area (Å²) < 4.78 is 25.5. The number of anilines is 1. The maximum Gasteiger partial charge on any atom is 0.190 e. The highest BCUT2D eigenvalue weighted by atomic mass is 32.2. The fourth-order valence-electron chi connectivity index (χ4n) is 2.26. The zero-order valence-corrected chi connectivity index (χ0v) is 13.2. The summed E-state index contributed by atoms with van der Waals surface area (Å²) in [5.74, 6) is 0. The van der Waals surface area contributed by atoms with Crippen LogP contribution < -0.4 is 10.6 Å². The number of sulfone groups is 1. The first-order valence-corrected chi connectivity index (χ1v) is 8.37. The molecule has 3 N–H and O–H groups in total. The zero-order chi connectivity index (χ0) is 15.5. The van der Waals surface area contributed by atoms with Gasteiger partial charge >= 0.3 is 0 Å². The predicted molar refractivity (Wildman–Crippen MR) is 84.9 cm³/mol. The van der Waals surface area contributed by atoms with E-state index in [1.165, 1.54) is 0 Å². The first-order chi connectivity index (χ1) is 9.96. The number of quaternary nitrogens is 1. The number of hydrogen-bond acceptors (Lipinski definition) is 3. The van der Waals surface area contributed by atoms with Gasteiger partial charge < -0.3 is 10.6 Å². The molecule has 1 atom stereocenters. The molecule has 0 fully saturated rings. The molecule has 0 aliphatic heterocycles. The van der Waals surface area contributed by atoms with E-state index in [0.29, 0.717) is 11.4 Å². The van der Waals surface area contributed by atoms with Crippen LogP contribution in [0.25, 0.3) is 0 Å². The van der Waals surface area contributed by atoms with Crippen molar-refractivity contribution < 1.29 is 14.2 Å². The van der Waals surface area contributed by atoms with Crippen LogP contribution in [0, 0.1) is 0 Å². The van der Waals surface area contributed by atoms with Gasteiger partial charge in [0.2, 0.25) is 0 Å². The van der Waals surface area contributed by atoms with Crippen LogP contribution in [0.2, 0.25) is 0 Å². The minimum Gasteiger partial charge on any atom is -0.378 e. The van der Waals surface area contributed by atoms with Crippen molar-refractivity contribution in [2.45, 2.75) is 10.1 Å². The van der Waals surface area contributed by atoms with Gasteiger partial charge in [-0.2, -0.15) is 0 Å². The largest absolute Gasteiger partial charge is 0.378 e. The van der Waals surface area contributed by atoms with E-state index in [9.17, 15) is 8.42 Å². The lowest BCUT2D eigenvalue weighted by Crippen LogP contribution is -2.54. The average molecular weight is 305 g/mol. The molecule has 0 heterocycles. The molecule has 0 unspecified atom stereocenters. The van der Waals surface area contributed by atoms with E-state index < -0.39 is 15.1 Å². The second kappa shape index (κ2) is 6.28. The molecule has 21 heavy (non-hydrogen) atoms. The lowest BCUT2D eigenvalue weighted by molar-refractivity contribution is -0.367. The van der Waals surface area contributed by atoms with Crippen molar-refractivity contribution in [3.8, 4) is 0 Å². The van der Waals surface area contributed by atoms with E-state index in [4.69, 9.17) is 0 Å². The maximum atomic E-state index is 12.7. The SMILES string of the molecule is CN(C)c1ccc([C@@H](C[NH3+])S(=O)(=O)c2ccccc2)cc1. The van der Waals surface area contributed by atoms with E-state index in [0.717, 1.165) is 11.3 Å². The Kier molecular flexibility index (Phi) is 4.65. The van der Waals surface area contributed by atoms with Crippen LogP contribution in [0.1, 0.15) is 10.8 Å². The minimum absolute atomic E-state index is 0.304. The van der Waals surface area contributed by atoms with Gasteiger partial charge in [-0.15, -0.1) is 0 Å². The van der Waals surface area contributed by atoms with Crippen molar-refractivity contribution in [1.82, 2.24) is 0 Å². The minimum atomic E-state index is -3.41. The Labute approximate surface area is 126 Å². The third-order valence-electron chi connectivity index (χ3n) is 3.49. The van der Waals surface area contributed by atoms with Crippen molar-refractivity contribution in [3.05, 3.63) is 60.2 Å². The van der Waals surface area contributed by atoms with Gasteiger partial charge in [-0.05, 0) is 29.8 Å². The highest BCUT2D eigenvalue weighted by Gasteiger charge is 2.29. The molecule has 5 heteroatoms. The molecular formula is C16H21N2O2S+. The van der Waals surface area contributed by atoms with Crippen molar-refractivity contribution in [2.24, 2.45) is 0 Å². The van der Waals surface area contributed by atoms with Gasteiger partial charge in [0, 0.05) is 19.8 Å². The van der Waals surface area contributed by atoms with E-state index in [-0.39, 0.29) is 0 Å². The van der Waals surface area contributed by atoms with E-state index in [2.05, 4.69) is 5.73 Å². The molecule has 4 nitrogen and oxygen atoms in total. The predicted octanol–water partition coefficient (Wildman–Crippen LogP) is 1.51. The Morgan fingerprint density at radius 3 is 2.05 bits per heavy atom. The molecule has 0 amide bonds. The van der Waals surface area contributed by atoms with Gasteiger partial charge in [-0.3, -0.25) is 0 Å². The van der Waals surface area contributed by atoms with Crippen LogP contribution in [-0.2, 0) is 9.84 Å². The fourth-order valence-corrected chi connectivity index (χ4v) is 3.95. The fraction of sp³-hybridized carbons (Fsp3) is 0.250. The summed E-state index contributed by atoms with van der Waals surface area (Å²) in [5, 5.41) is -0.615. The Morgan fingerprint density at radius 2 is 1.57 bits per heavy atom. The second-order valence-corrected chi connectivity index (χ2v) is 7.25. The topological polar surface area (TPSA) is 65.0 Å².